The molecule has 18 heavy (non-hydrogen) atoms. The lowest BCUT2D eigenvalue weighted by atomic mass is 10.3. The smallest absolute Gasteiger partial charge is 0.324 e. The molecule has 0 radical (unpaired) electrons. The van der Waals surface area contributed by atoms with Crippen LogP contribution in [0, 0.1) is 10.1 Å². The Balaban J connectivity index is 2.18. The largest absolute Gasteiger partial charge is 0.337 e. The van der Waals surface area contributed by atoms with Crippen LogP contribution in [0.5, 0.6) is 0 Å². The number of hydrogen-bond donors (Lipinski definition) is 2. The first-order valence-corrected chi connectivity index (χ1v) is 6.26. The van der Waals surface area contributed by atoms with Gasteiger partial charge in [-0.2, -0.15) is 0 Å². The predicted molar refractivity (Wildman–Crippen MR) is 69.8 cm³/mol. The van der Waals surface area contributed by atoms with Crippen LogP contribution in [0.1, 0.15) is 5.56 Å². The van der Waals surface area contributed by atoms with E-state index in [0.29, 0.717) is 19.6 Å². The van der Waals surface area contributed by atoms with Crippen molar-refractivity contribution in [3.05, 3.63) is 27.1 Å². The zero-order valence-corrected chi connectivity index (χ0v) is 11.1. The lowest BCUT2D eigenvalue weighted by molar-refractivity contribution is -0.380. The van der Waals surface area contributed by atoms with Crippen LogP contribution in [0.2, 0.25) is 0 Å². The van der Waals surface area contributed by atoms with Crippen molar-refractivity contribution in [3.8, 4) is 0 Å². The normalized spacial score (nSPS) is 10.1. The molecule has 7 nitrogen and oxygen atoms in total. The molecule has 1 aromatic rings. The van der Waals surface area contributed by atoms with Crippen LogP contribution in [0.15, 0.2) is 11.4 Å². The molecule has 0 saturated carbocycles. The molecule has 0 fully saturated rings. The molecule has 0 aliphatic heterocycles. The maximum Gasteiger partial charge on any atom is 0.324 e. The van der Waals surface area contributed by atoms with Gasteiger partial charge in [0.15, 0.2) is 0 Å². The molecule has 0 atom stereocenters. The van der Waals surface area contributed by atoms with Crippen LogP contribution in [0.25, 0.3) is 0 Å². The van der Waals surface area contributed by atoms with Crippen LogP contribution in [-0.2, 0) is 6.54 Å². The minimum atomic E-state index is -0.397. The fourth-order valence-corrected chi connectivity index (χ4v) is 1.93. The molecular formula is C10H16N4O3S. The van der Waals surface area contributed by atoms with Gasteiger partial charge >= 0.3 is 11.0 Å². The summed E-state index contributed by atoms with van der Waals surface area (Å²) in [7, 11) is 3.35. The summed E-state index contributed by atoms with van der Waals surface area (Å²) >= 11 is 1.11. The van der Waals surface area contributed by atoms with Gasteiger partial charge in [0.1, 0.15) is 0 Å². The third-order valence-corrected chi connectivity index (χ3v) is 3.06. The number of nitrogens with one attached hydrogen (secondary N) is 2. The second-order valence-electron chi connectivity index (χ2n) is 3.85. The zero-order valence-electron chi connectivity index (χ0n) is 10.3. The Labute approximate surface area is 109 Å². The molecule has 0 saturated heterocycles. The van der Waals surface area contributed by atoms with E-state index in [1.165, 1.54) is 4.90 Å². The number of nitrogens with zero attached hydrogens (tertiary/aromatic N) is 2. The summed E-state index contributed by atoms with van der Waals surface area (Å²) in [6.45, 7) is 1.69. The van der Waals surface area contributed by atoms with E-state index in [0.717, 1.165) is 16.9 Å². The molecule has 0 aromatic carbocycles. The Kier molecular flexibility index (Phi) is 5.53. The Bertz CT molecular complexity index is 419. The van der Waals surface area contributed by atoms with E-state index >= 15 is 0 Å². The number of nitro groups is 1. The highest BCUT2D eigenvalue weighted by Crippen LogP contribution is 2.22. The molecule has 0 spiro atoms. The monoisotopic (exact) mass is 272 g/mol. The summed E-state index contributed by atoms with van der Waals surface area (Å²) in [6.07, 6.45) is 0. The predicted octanol–water partition coefficient (Wildman–Crippen LogP) is 1.02. The molecule has 1 aromatic heterocycles. The van der Waals surface area contributed by atoms with E-state index in [-0.39, 0.29) is 11.0 Å². The maximum absolute atomic E-state index is 11.2. The first-order chi connectivity index (χ1) is 8.50. The molecule has 0 unspecified atom stereocenters. The first kappa shape index (κ1) is 14.4. The first-order valence-electron chi connectivity index (χ1n) is 5.38. The van der Waals surface area contributed by atoms with E-state index in [9.17, 15) is 14.9 Å². The van der Waals surface area contributed by atoms with Gasteiger partial charge in [0.05, 0.1) is 4.92 Å². The highest BCUT2D eigenvalue weighted by atomic mass is 32.1. The van der Waals surface area contributed by atoms with E-state index in [4.69, 9.17) is 0 Å². The fraction of sp³-hybridized carbons (Fsp3) is 0.500. The quantitative estimate of drug-likeness (QED) is 0.460. The van der Waals surface area contributed by atoms with Crippen LogP contribution < -0.4 is 10.6 Å². The van der Waals surface area contributed by atoms with Crippen LogP contribution in [0.4, 0.5) is 9.80 Å². The highest BCUT2D eigenvalue weighted by Gasteiger charge is 2.08. The van der Waals surface area contributed by atoms with Crippen LogP contribution in [-0.4, -0.2) is 43.0 Å². The van der Waals surface area contributed by atoms with Crippen molar-refractivity contribution in [2.45, 2.75) is 6.54 Å². The molecule has 2 amide bonds. The lowest BCUT2D eigenvalue weighted by Crippen LogP contribution is -2.38. The fourth-order valence-electron chi connectivity index (χ4n) is 1.20. The van der Waals surface area contributed by atoms with Gasteiger partial charge in [0.25, 0.3) is 0 Å². The maximum atomic E-state index is 11.2. The molecule has 0 aliphatic rings. The van der Waals surface area contributed by atoms with Crippen molar-refractivity contribution < 1.29 is 9.72 Å². The number of thiophene rings is 1. The standard InChI is InChI=1S/C10H16N4O3S/c1-13(2)10(15)12-4-3-11-6-8-5-9(14(16)17)18-7-8/h5,7,11H,3-4,6H2,1-2H3,(H,12,15). The molecule has 2 N–H and O–H groups in total. The Morgan fingerprint density at radius 1 is 1.50 bits per heavy atom. The number of urea groups is 1. The summed E-state index contributed by atoms with van der Waals surface area (Å²) in [6, 6.07) is 1.42. The highest BCUT2D eigenvalue weighted by molar-refractivity contribution is 7.13. The van der Waals surface area contributed by atoms with Gasteiger partial charge < -0.3 is 15.5 Å². The number of amides is 2. The molecule has 1 rings (SSSR count). The number of carbonyl (C=O) groups excluding carboxylic acids is 1. The Hall–Kier alpha value is -1.67. The minimum absolute atomic E-state index is 0.136. The second kappa shape index (κ2) is 6.92. The molecule has 100 valence electrons. The summed E-state index contributed by atoms with van der Waals surface area (Å²) in [4.78, 5) is 22.7. The lowest BCUT2D eigenvalue weighted by Gasteiger charge is -2.11. The van der Waals surface area contributed by atoms with Crippen molar-refractivity contribution in [3.63, 3.8) is 0 Å². The summed E-state index contributed by atoms with van der Waals surface area (Å²) in [5, 5.41) is 18.2. The molecule has 0 bridgehead atoms. The number of rotatable bonds is 6. The van der Waals surface area contributed by atoms with Gasteiger partial charge in [0, 0.05) is 45.2 Å². The molecular weight excluding hydrogens is 256 g/mol. The molecule has 1 heterocycles. The Morgan fingerprint density at radius 3 is 2.78 bits per heavy atom. The third kappa shape index (κ3) is 4.68. The van der Waals surface area contributed by atoms with Crippen molar-refractivity contribution in [1.82, 2.24) is 15.5 Å². The van der Waals surface area contributed by atoms with Gasteiger partial charge in [-0.15, -0.1) is 0 Å². The SMILES string of the molecule is CN(C)C(=O)NCCNCc1csc([N+](=O)[O-])c1. The van der Waals surface area contributed by atoms with Gasteiger partial charge in [0.2, 0.25) is 0 Å². The van der Waals surface area contributed by atoms with Crippen molar-refractivity contribution in [1.29, 1.82) is 0 Å². The minimum Gasteiger partial charge on any atom is -0.337 e. The molecule has 0 aliphatic carbocycles. The third-order valence-electron chi connectivity index (χ3n) is 2.13. The summed E-state index contributed by atoms with van der Waals surface area (Å²) in [5.41, 5.74) is 0.880. The topological polar surface area (TPSA) is 87.5 Å². The average Bonchev–Trinajstić information content (AvgIpc) is 2.77. The zero-order chi connectivity index (χ0) is 13.5. The van der Waals surface area contributed by atoms with E-state index < -0.39 is 4.92 Å². The van der Waals surface area contributed by atoms with Crippen LogP contribution >= 0.6 is 11.3 Å². The van der Waals surface area contributed by atoms with Gasteiger partial charge in [-0.1, -0.05) is 11.3 Å². The van der Waals surface area contributed by atoms with Crippen molar-refractivity contribution in [2.24, 2.45) is 0 Å². The van der Waals surface area contributed by atoms with Gasteiger partial charge in [-0.3, -0.25) is 10.1 Å². The van der Waals surface area contributed by atoms with E-state index in [1.54, 1.807) is 25.5 Å². The van der Waals surface area contributed by atoms with Crippen molar-refractivity contribution >= 4 is 22.4 Å². The van der Waals surface area contributed by atoms with Gasteiger partial charge in [-0.25, -0.2) is 4.79 Å². The number of carbonyl (C=O) groups is 1. The number of hydrogen-bond acceptors (Lipinski definition) is 5. The van der Waals surface area contributed by atoms with E-state index in [2.05, 4.69) is 10.6 Å². The summed E-state index contributed by atoms with van der Waals surface area (Å²) in [5.74, 6) is 0. The van der Waals surface area contributed by atoms with E-state index in [1.807, 2.05) is 0 Å². The van der Waals surface area contributed by atoms with Crippen molar-refractivity contribution in [2.75, 3.05) is 27.2 Å². The van der Waals surface area contributed by atoms with Crippen LogP contribution in [0.3, 0.4) is 0 Å². The summed E-state index contributed by atoms with van der Waals surface area (Å²) < 4.78 is 0. The van der Waals surface area contributed by atoms with Gasteiger partial charge in [-0.05, 0) is 5.56 Å². The second-order valence-corrected chi connectivity index (χ2v) is 4.74. The molecule has 8 heteroatoms. The average molecular weight is 272 g/mol. The Morgan fingerprint density at radius 2 is 2.22 bits per heavy atom.